The molecule has 1 aromatic rings. The summed E-state index contributed by atoms with van der Waals surface area (Å²) >= 11 is 5.84. The van der Waals surface area contributed by atoms with Crippen LogP contribution in [-0.2, 0) is 14.3 Å². The Bertz CT molecular complexity index is 411. The Morgan fingerprint density at radius 2 is 1.90 bits per heavy atom. The first-order valence-electron chi connectivity index (χ1n) is 6.38. The third-order valence-corrected chi connectivity index (χ3v) is 3.27. The minimum absolute atomic E-state index is 0. The van der Waals surface area contributed by atoms with Gasteiger partial charge >= 0.3 is 0 Å². The van der Waals surface area contributed by atoms with Gasteiger partial charge in [0.05, 0.1) is 18.6 Å². The molecule has 3 N–H and O–H groups in total. The quantitative estimate of drug-likeness (QED) is 0.760. The third-order valence-electron chi connectivity index (χ3n) is 3.02. The number of amides is 1. The van der Waals surface area contributed by atoms with E-state index < -0.39 is 0 Å². The Morgan fingerprint density at radius 3 is 2.38 bits per heavy atom. The lowest BCUT2D eigenvalue weighted by atomic mass is 10.1. The summed E-state index contributed by atoms with van der Waals surface area (Å²) in [5, 5.41) is 3.48. The summed E-state index contributed by atoms with van der Waals surface area (Å²) < 4.78 is 10.4. The van der Waals surface area contributed by atoms with Crippen molar-refractivity contribution in [2.24, 2.45) is 5.73 Å². The van der Waals surface area contributed by atoms with E-state index in [4.69, 9.17) is 26.8 Å². The molecule has 21 heavy (non-hydrogen) atoms. The topological polar surface area (TPSA) is 73.6 Å². The molecule has 0 aromatic heterocycles. The fourth-order valence-electron chi connectivity index (χ4n) is 1.76. The number of carbonyl (C=O) groups is 1. The van der Waals surface area contributed by atoms with Crippen molar-refractivity contribution >= 4 is 29.9 Å². The number of ether oxygens (including phenoxy) is 2. The standard InChI is InChI=1S/C14H21ClN2O3.ClH/c1-19-12(8-16)7-14(18)17-9-13(20-2)10-3-5-11(15)6-4-10;/h3-6,12-13H,7-9,16H2,1-2H3,(H,17,18);1H. The number of hydrogen-bond donors (Lipinski definition) is 2. The lowest BCUT2D eigenvalue weighted by Gasteiger charge is -2.18. The smallest absolute Gasteiger partial charge is 0.222 e. The van der Waals surface area contributed by atoms with E-state index in [1.165, 1.54) is 7.11 Å². The molecule has 120 valence electrons. The molecule has 2 atom stereocenters. The third kappa shape index (κ3) is 7.11. The van der Waals surface area contributed by atoms with Crippen LogP contribution >= 0.6 is 24.0 Å². The number of rotatable bonds is 8. The molecule has 0 spiro atoms. The fourth-order valence-corrected chi connectivity index (χ4v) is 1.89. The highest BCUT2D eigenvalue weighted by molar-refractivity contribution is 6.30. The van der Waals surface area contributed by atoms with E-state index in [0.717, 1.165) is 5.56 Å². The zero-order valence-corrected chi connectivity index (χ0v) is 13.7. The van der Waals surface area contributed by atoms with Gasteiger partial charge in [0.15, 0.2) is 0 Å². The molecule has 0 aliphatic carbocycles. The molecular weight excluding hydrogens is 315 g/mol. The molecule has 1 rings (SSSR count). The molecule has 5 nitrogen and oxygen atoms in total. The zero-order valence-electron chi connectivity index (χ0n) is 12.2. The Hall–Kier alpha value is -0.850. The normalized spacial score (nSPS) is 13.1. The van der Waals surface area contributed by atoms with E-state index >= 15 is 0 Å². The van der Waals surface area contributed by atoms with Crippen LogP contribution in [0, 0.1) is 0 Å². The maximum atomic E-state index is 11.8. The number of hydrogen-bond acceptors (Lipinski definition) is 4. The second-order valence-corrected chi connectivity index (χ2v) is 4.81. The van der Waals surface area contributed by atoms with Crippen molar-refractivity contribution in [2.45, 2.75) is 18.6 Å². The second-order valence-electron chi connectivity index (χ2n) is 4.38. The summed E-state index contributed by atoms with van der Waals surface area (Å²) in [5.41, 5.74) is 6.43. The molecule has 0 heterocycles. The van der Waals surface area contributed by atoms with E-state index in [2.05, 4.69) is 5.32 Å². The van der Waals surface area contributed by atoms with Gasteiger partial charge in [0.1, 0.15) is 0 Å². The largest absolute Gasteiger partial charge is 0.380 e. The Balaban J connectivity index is 0.00000400. The molecule has 0 bridgehead atoms. The molecule has 0 saturated heterocycles. The number of nitrogens with two attached hydrogens (primary N) is 1. The van der Waals surface area contributed by atoms with Crippen LogP contribution in [0.1, 0.15) is 18.1 Å². The first kappa shape index (κ1) is 20.1. The van der Waals surface area contributed by atoms with Crippen molar-refractivity contribution in [1.29, 1.82) is 0 Å². The lowest BCUT2D eigenvalue weighted by molar-refractivity contribution is -0.123. The van der Waals surface area contributed by atoms with E-state index in [0.29, 0.717) is 18.1 Å². The van der Waals surface area contributed by atoms with Crippen molar-refractivity contribution in [1.82, 2.24) is 5.32 Å². The van der Waals surface area contributed by atoms with E-state index in [1.54, 1.807) is 19.2 Å². The molecule has 0 aliphatic heterocycles. The number of halogens is 2. The molecule has 0 aliphatic rings. The zero-order chi connectivity index (χ0) is 15.0. The minimum atomic E-state index is -0.258. The predicted molar refractivity (Wildman–Crippen MR) is 85.9 cm³/mol. The first-order chi connectivity index (χ1) is 9.60. The van der Waals surface area contributed by atoms with Gasteiger partial charge in [-0.25, -0.2) is 0 Å². The van der Waals surface area contributed by atoms with Gasteiger partial charge in [-0.05, 0) is 17.7 Å². The molecule has 0 fully saturated rings. The molecule has 0 saturated carbocycles. The van der Waals surface area contributed by atoms with Crippen LogP contribution < -0.4 is 11.1 Å². The van der Waals surface area contributed by atoms with Crippen molar-refractivity contribution in [3.8, 4) is 0 Å². The number of methoxy groups -OCH3 is 2. The Morgan fingerprint density at radius 1 is 1.29 bits per heavy atom. The van der Waals surface area contributed by atoms with Crippen molar-refractivity contribution in [2.75, 3.05) is 27.3 Å². The van der Waals surface area contributed by atoms with Gasteiger partial charge in [0.2, 0.25) is 5.91 Å². The van der Waals surface area contributed by atoms with Gasteiger partial charge in [-0.2, -0.15) is 0 Å². The van der Waals surface area contributed by atoms with Crippen LogP contribution in [0.4, 0.5) is 0 Å². The van der Waals surface area contributed by atoms with Gasteiger partial charge < -0.3 is 20.5 Å². The van der Waals surface area contributed by atoms with Crippen LogP contribution in [0.25, 0.3) is 0 Å². The van der Waals surface area contributed by atoms with Gasteiger partial charge in [-0.15, -0.1) is 12.4 Å². The molecule has 1 amide bonds. The fraction of sp³-hybridized carbons (Fsp3) is 0.500. The van der Waals surface area contributed by atoms with Crippen molar-refractivity contribution in [3.05, 3.63) is 34.9 Å². The van der Waals surface area contributed by atoms with Crippen LogP contribution in [-0.4, -0.2) is 39.3 Å². The SMILES string of the molecule is COC(CN)CC(=O)NCC(OC)c1ccc(Cl)cc1.Cl. The summed E-state index contributed by atoms with van der Waals surface area (Å²) in [6.07, 6.45) is -0.231. The molecular formula is C14H22Cl2N2O3. The number of nitrogens with one attached hydrogen (secondary N) is 1. The van der Waals surface area contributed by atoms with Gasteiger partial charge in [-0.3, -0.25) is 4.79 Å². The van der Waals surface area contributed by atoms with Crippen LogP contribution in [0.2, 0.25) is 5.02 Å². The average molecular weight is 337 g/mol. The van der Waals surface area contributed by atoms with Crippen LogP contribution in [0.5, 0.6) is 0 Å². The number of benzene rings is 1. The van der Waals surface area contributed by atoms with Crippen LogP contribution in [0.15, 0.2) is 24.3 Å². The monoisotopic (exact) mass is 336 g/mol. The van der Waals surface area contributed by atoms with Gasteiger partial charge in [-0.1, -0.05) is 23.7 Å². The highest BCUT2D eigenvalue weighted by Crippen LogP contribution is 2.18. The summed E-state index contributed by atoms with van der Waals surface area (Å²) in [5.74, 6) is -0.113. The van der Waals surface area contributed by atoms with Crippen molar-refractivity contribution in [3.63, 3.8) is 0 Å². The summed E-state index contributed by atoms with van der Waals surface area (Å²) in [4.78, 5) is 11.8. The molecule has 0 radical (unpaired) electrons. The maximum absolute atomic E-state index is 11.8. The molecule has 1 aromatic carbocycles. The predicted octanol–water partition coefficient (Wildman–Crippen LogP) is 1.93. The van der Waals surface area contributed by atoms with Gasteiger partial charge in [0, 0.05) is 32.3 Å². The molecule has 2 unspecified atom stereocenters. The van der Waals surface area contributed by atoms with Crippen LogP contribution in [0.3, 0.4) is 0 Å². The van der Waals surface area contributed by atoms with E-state index in [-0.39, 0.29) is 36.9 Å². The van der Waals surface area contributed by atoms with Gasteiger partial charge in [0.25, 0.3) is 0 Å². The summed E-state index contributed by atoms with van der Waals surface area (Å²) in [6.45, 7) is 0.701. The molecule has 7 heteroatoms. The lowest BCUT2D eigenvalue weighted by Crippen LogP contribution is -2.34. The highest BCUT2D eigenvalue weighted by atomic mass is 35.5. The number of carbonyl (C=O) groups excluding carboxylic acids is 1. The summed E-state index contributed by atoms with van der Waals surface area (Å²) in [7, 11) is 3.14. The highest BCUT2D eigenvalue weighted by Gasteiger charge is 2.15. The minimum Gasteiger partial charge on any atom is -0.380 e. The first-order valence-corrected chi connectivity index (χ1v) is 6.76. The average Bonchev–Trinajstić information content (AvgIpc) is 2.47. The second kappa shape index (κ2) is 10.8. The van der Waals surface area contributed by atoms with E-state index in [1.807, 2.05) is 12.1 Å². The Kier molecular flexibility index (Phi) is 10.4. The van der Waals surface area contributed by atoms with E-state index in [9.17, 15) is 4.79 Å². The van der Waals surface area contributed by atoms with Crippen molar-refractivity contribution < 1.29 is 14.3 Å². The summed E-state index contributed by atoms with van der Waals surface area (Å²) in [6, 6.07) is 7.33. The maximum Gasteiger partial charge on any atom is 0.222 e. The Labute approximate surface area is 136 Å².